The molecule has 0 bridgehead atoms. The Morgan fingerprint density at radius 3 is 2.10 bits per heavy atom. The van der Waals surface area contributed by atoms with Gasteiger partial charge in [0.25, 0.3) is 11.8 Å². The van der Waals surface area contributed by atoms with Crippen molar-refractivity contribution >= 4 is 29.3 Å². The zero-order valence-corrected chi connectivity index (χ0v) is 15.4. The minimum Gasteiger partial charge on any atom is -0.545 e. The number of carboxylic acids is 1. The number of amides is 2. The fourth-order valence-corrected chi connectivity index (χ4v) is 3.28. The van der Waals surface area contributed by atoms with E-state index in [9.17, 15) is 24.3 Å². The van der Waals surface area contributed by atoms with E-state index >= 15 is 0 Å². The summed E-state index contributed by atoms with van der Waals surface area (Å²) in [7, 11) is 0. The third kappa shape index (κ3) is 3.05. The highest BCUT2D eigenvalue weighted by molar-refractivity contribution is 6.35. The molecule has 4 rings (SSSR count). The van der Waals surface area contributed by atoms with Gasteiger partial charge in [0.05, 0.1) is 22.8 Å². The highest BCUT2D eigenvalue weighted by atomic mass is 16.4. The maximum absolute atomic E-state index is 12.9. The number of ketones is 1. The van der Waals surface area contributed by atoms with E-state index in [1.165, 1.54) is 42.5 Å². The highest BCUT2D eigenvalue weighted by Crippen LogP contribution is 2.30. The number of hydrogen-bond acceptors (Lipinski definition) is 5. The second-order valence-corrected chi connectivity index (χ2v) is 6.59. The molecule has 0 N–H and O–H groups in total. The number of hydrogen-bond donors (Lipinski definition) is 0. The second kappa shape index (κ2) is 7.15. The van der Waals surface area contributed by atoms with Crippen LogP contribution in [0.1, 0.15) is 52.6 Å². The Morgan fingerprint density at radius 2 is 1.43 bits per heavy atom. The smallest absolute Gasteiger partial charge is 0.266 e. The SMILES string of the molecule is C#Cc1cccc(N2C(=O)c3ccc(C(=O)c4ccc(C(=O)[O-])cc4)cc3C2=O)c1. The van der Waals surface area contributed by atoms with Gasteiger partial charge in [0.2, 0.25) is 0 Å². The van der Waals surface area contributed by atoms with Crippen molar-refractivity contribution in [1.29, 1.82) is 0 Å². The van der Waals surface area contributed by atoms with Gasteiger partial charge in [-0.1, -0.05) is 42.3 Å². The molecule has 0 saturated carbocycles. The summed E-state index contributed by atoms with van der Waals surface area (Å²) in [5.74, 6) is -0.338. The summed E-state index contributed by atoms with van der Waals surface area (Å²) < 4.78 is 0. The van der Waals surface area contributed by atoms with Crippen molar-refractivity contribution in [1.82, 2.24) is 0 Å². The number of carbonyl (C=O) groups excluding carboxylic acids is 4. The highest BCUT2D eigenvalue weighted by Gasteiger charge is 2.37. The lowest BCUT2D eigenvalue weighted by atomic mass is 9.98. The molecule has 0 atom stereocenters. The predicted octanol–water partition coefficient (Wildman–Crippen LogP) is 2.06. The van der Waals surface area contributed by atoms with E-state index in [1.54, 1.807) is 24.3 Å². The summed E-state index contributed by atoms with van der Waals surface area (Å²) in [6, 6.07) is 16.0. The van der Waals surface area contributed by atoms with E-state index in [2.05, 4.69) is 5.92 Å². The number of aromatic carboxylic acids is 1. The van der Waals surface area contributed by atoms with E-state index < -0.39 is 23.6 Å². The first-order chi connectivity index (χ1) is 14.4. The molecule has 6 nitrogen and oxygen atoms in total. The fourth-order valence-electron chi connectivity index (χ4n) is 3.28. The largest absolute Gasteiger partial charge is 0.545 e. The third-order valence-corrected chi connectivity index (χ3v) is 4.80. The number of imide groups is 1. The molecule has 0 aromatic heterocycles. The van der Waals surface area contributed by atoms with Crippen molar-refractivity contribution in [2.45, 2.75) is 0 Å². The second-order valence-electron chi connectivity index (χ2n) is 6.59. The van der Waals surface area contributed by atoms with Crippen molar-refractivity contribution in [3.05, 3.63) is 100 Å². The average molecular weight is 394 g/mol. The minimum atomic E-state index is -1.34. The number of carboxylic acid groups (broad SMARTS) is 1. The van der Waals surface area contributed by atoms with E-state index in [0.717, 1.165) is 4.90 Å². The van der Waals surface area contributed by atoms with E-state index in [1.807, 2.05) is 0 Å². The van der Waals surface area contributed by atoms with E-state index in [0.29, 0.717) is 11.3 Å². The zero-order valence-electron chi connectivity index (χ0n) is 15.4. The van der Waals surface area contributed by atoms with Crippen LogP contribution in [-0.2, 0) is 0 Å². The van der Waals surface area contributed by atoms with Crippen LogP contribution < -0.4 is 10.0 Å². The number of terminal acetylenes is 1. The monoisotopic (exact) mass is 394 g/mol. The summed E-state index contributed by atoms with van der Waals surface area (Å²) in [5, 5.41) is 10.9. The Labute approximate surface area is 171 Å². The van der Waals surface area contributed by atoms with Crippen LogP contribution >= 0.6 is 0 Å². The number of benzene rings is 3. The summed E-state index contributed by atoms with van der Waals surface area (Å²) in [6.45, 7) is 0. The lowest BCUT2D eigenvalue weighted by Gasteiger charge is -2.13. The van der Waals surface area contributed by atoms with Gasteiger partial charge in [-0.05, 0) is 35.9 Å². The van der Waals surface area contributed by atoms with Gasteiger partial charge in [0, 0.05) is 16.7 Å². The van der Waals surface area contributed by atoms with Gasteiger partial charge in [-0.2, -0.15) is 0 Å². The molecule has 0 radical (unpaired) electrons. The van der Waals surface area contributed by atoms with Crippen LogP contribution in [0.2, 0.25) is 0 Å². The predicted molar refractivity (Wildman–Crippen MR) is 106 cm³/mol. The molecule has 3 aromatic rings. The van der Waals surface area contributed by atoms with Gasteiger partial charge < -0.3 is 9.90 Å². The summed E-state index contributed by atoms with van der Waals surface area (Å²) in [5.41, 5.74) is 1.58. The first kappa shape index (κ1) is 18.8. The van der Waals surface area contributed by atoms with Crippen molar-refractivity contribution in [2.24, 2.45) is 0 Å². The van der Waals surface area contributed by atoms with Crippen LogP contribution in [0.4, 0.5) is 5.69 Å². The molecule has 0 saturated heterocycles. The summed E-state index contributed by atoms with van der Waals surface area (Å²) in [6.07, 6.45) is 5.39. The molecule has 30 heavy (non-hydrogen) atoms. The third-order valence-electron chi connectivity index (χ3n) is 4.80. The summed E-state index contributed by atoms with van der Waals surface area (Å²) in [4.78, 5) is 50.3. The maximum Gasteiger partial charge on any atom is 0.266 e. The van der Waals surface area contributed by atoms with Crippen LogP contribution in [0.3, 0.4) is 0 Å². The number of nitrogens with zero attached hydrogens (tertiary/aromatic N) is 1. The Kier molecular flexibility index (Phi) is 4.49. The van der Waals surface area contributed by atoms with Crippen molar-refractivity contribution in [3.8, 4) is 12.3 Å². The van der Waals surface area contributed by atoms with Crippen LogP contribution in [-0.4, -0.2) is 23.6 Å². The van der Waals surface area contributed by atoms with Crippen molar-refractivity contribution in [2.75, 3.05) is 4.90 Å². The zero-order chi connectivity index (χ0) is 21.4. The molecule has 2 amide bonds. The van der Waals surface area contributed by atoms with E-state index in [4.69, 9.17) is 6.42 Å². The Balaban J connectivity index is 1.68. The van der Waals surface area contributed by atoms with Crippen molar-refractivity contribution in [3.63, 3.8) is 0 Å². The quantitative estimate of drug-likeness (QED) is 0.384. The molecule has 1 heterocycles. The Bertz CT molecular complexity index is 1280. The minimum absolute atomic E-state index is 0.0499. The maximum atomic E-state index is 12.9. The van der Waals surface area contributed by atoms with E-state index in [-0.39, 0.29) is 27.8 Å². The Hall–Kier alpha value is -4.50. The molecule has 1 aliphatic heterocycles. The number of rotatable bonds is 4. The molecule has 3 aromatic carbocycles. The first-order valence-corrected chi connectivity index (χ1v) is 8.86. The number of carbonyl (C=O) groups is 4. The van der Waals surface area contributed by atoms with Crippen LogP contribution in [0.15, 0.2) is 66.7 Å². The first-order valence-electron chi connectivity index (χ1n) is 8.86. The molecule has 144 valence electrons. The molecule has 0 unspecified atom stereocenters. The van der Waals surface area contributed by atoms with Gasteiger partial charge in [-0.25, -0.2) is 4.90 Å². The lowest BCUT2D eigenvalue weighted by molar-refractivity contribution is -0.255. The molecule has 0 spiro atoms. The van der Waals surface area contributed by atoms with Crippen LogP contribution in [0.5, 0.6) is 0 Å². The lowest BCUT2D eigenvalue weighted by Crippen LogP contribution is -2.29. The fraction of sp³-hybridized carbons (Fsp3) is 0. The molecule has 0 aliphatic carbocycles. The standard InChI is InChI=1S/C24H13NO5/c1-2-14-4-3-5-18(12-14)25-22(27)19-11-10-17(13-20(19)23(25)28)21(26)15-6-8-16(9-7-15)24(29)30/h1,3-13H,(H,29,30)/p-1. The van der Waals surface area contributed by atoms with Gasteiger partial charge in [0.15, 0.2) is 5.78 Å². The Morgan fingerprint density at radius 1 is 0.800 bits per heavy atom. The topological polar surface area (TPSA) is 94.6 Å². The van der Waals surface area contributed by atoms with Crippen LogP contribution in [0.25, 0.3) is 0 Å². The molecular weight excluding hydrogens is 382 g/mol. The van der Waals surface area contributed by atoms with Gasteiger partial charge >= 0.3 is 0 Å². The van der Waals surface area contributed by atoms with Crippen LogP contribution in [0, 0.1) is 12.3 Å². The van der Waals surface area contributed by atoms with Gasteiger partial charge in [-0.15, -0.1) is 6.42 Å². The number of anilines is 1. The molecular formula is C24H12NO5-. The molecule has 6 heteroatoms. The van der Waals surface area contributed by atoms with Gasteiger partial charge in [-0.3, -0.25) is 14.4 Å². The number of fused-ring (bicyclic) bond motifs is 1. The normalized spacial score (nSPS) is 12.4. The van der Waals surface area contributed by atoms with Crippen molar-refractivity contribution < 1.29 is 24.3 Å². The average Bonchev–Trinajstić information content (AvgIpc) is 3.02. The van der Waals surface area contributed by atoms with Gasteiger partial charge in [0.1, 0.15) is 0 Å². The summed E-state index contributed by atoms with van der Waals surface area (Å²) >= 11 is 0. The molecule has 0 fully saturated rings. The molecule has 1 aliphatic rings.